The monoisotopic (exact) mass is 553 g/mol. The zero-order valence-corrected chi connectivity index (χ0v) is 23.0. The average molecular weight is 554 g/mol. The van der Waals surface area contributed by atoms with Gasteiger partial charge in [-0.1, -0.05) is 67.1 Å². The van der Waals surface area contributed by atoms with Gasteiger partial charge in [-0.15, -0.1) is 0 Å². The van der Waals surface area contributed by atoms with E-state index < -0.39 is 0 Å². The number of nitrogens with zero attached hydrogens (tertiary/aromatic N) is 3. The van der Waals surface area contributed by atoms with E-state index in [9.17, 15) is 4.79 Å². The zero-order chi connectivity index (χ0) is 25.8. The van der Waals surface area contributed by atoms with Crippen LogP contribution < -0.4 is 4.74 Å². The number of carbonyl (C=O) groups excluding carboxylic acids is 1. The van der Waals surface area contributed by atoms with E-state index in [-0.39, 0.29) is 12.0 Å². The molecule has 0 radical (unpaired) electrons. The quantitative estimate of drug-likeness (QED) is 0.166. The molecule has 0 saturated carbocycles. The van der Waals surface area contributed by atoms with Crippen LogP contribution in [0.15, 0.2) is 59.6 Å². The summed E-state index contributed by atoms with van der Waals surface area (Å²) in [6.45, 7) is 3.97. The van der Waals surface area contributed by atoms with E-state index in [4.69, 9.17) is 38.4 Å². The molecule has 2 aromatic carbocycles. The number of hydrogen-bond donors (Lipinski definition) is 0. The van der Waals surface area contributed by atoms with Crippen molar-refractivity contribution in [3.63, 3.8) is 0 Å². The molecule has 1 aromatic heterocycles. The Bertz CT molecular complexity index is 1320. The summed E-state index contributed by atoms with van der Waals surface area (Å²) in [6, 6.07) is 15.5. The fourth-order valence-corrected chi connectivity index (χ4v) is 5.81. The molecule has 0 bridgehead atoms. The van der Waals surface area contributed by atoms with Gasteiger partial charge in [0.1, 0.15) is 15.8 Å². The number of benzene rings is 2. The molecule has 1 amide bonds. The number of ether oxygens (including phenoxy) is 2. The first kappa shape index (κ1) is 26.0. The lowest BCUT2D eigenvalue weighted by molar-refractivity contribution is -0.123. The Morgan fingerprint density at radius 3 is 2.84 bits per heavy atom. The minimum atomic E-state index is -0.0957. The standard InChI is InChI=1S/C28H28ClN3O3S2/c1-2-3-13-35-24-12-11-19(15-23(24)29)26-20(17-32(30-26)21-8-5-4-6-9-21)16-25-27(33)31(28(36)37-25)18-22-10-7-14-34-22/h4-6,8-9,11-12,15-17,22H,2-3,7,10,13-14,18H2,1H3/b25-16-. The number of aromatic nitrogens is 2. The number of para-hydroxylation sites is 1. The van der Waals surface area contributed by atoms with Gasteiger partial charge >= 0.3 is 0 Å². The van der Waals surface area contributed by atoms with Gasteiger partial charge in [-0.25, -0.2) is 4.68 Å². The minimum Gasteiger partial charge on any atom is -0.492 e. The van der Waals surface area contributed by atoms with Crippen molar-refractivity contribution in [3.8, 4) is 22.7 Å². The second-order valence-corrected chi connectivity index (χ2v) is 11.1. The third-order valence-corrected chi connectivity index (χ3v) is 7.97. The first-order valence-electron chi connectivity index (χ1n) is 12.5. The number of hydrogen-bond acceptors (Lipinski definition) is 6. The Morgan fingerprint density at radius 1 is 1.27 bits per heavy atom. The fourth-order valence-electron chi connectivity index (χ4n) is 4.31. The maximum Gasteiger partial charge on any atom is 0.266 e. The molecule has 6 nitrogen and oxygen atoms in total. The van der Waals surface area contributed by atoms with Crippen molar-refractivity contribution in [3.05, 3.63) is 70.2 Å². The van der Waals surface area contributed by atoms with Gasteiger partial charge in [0.05, 0.1) is 34.9 Å². The van der Waals surface area contributed by atoms with Crippen LogP contribution in [-0.2, 0) is 9.53 Å². The summed E-state index contributed by atoms with van der Waals surface area (Å²) in [4.78, 5) is 15.5. The molecule has 2 fully saturated rings. The predicted molar refractivity (Wildman–Crippen MR) is 153 cm³/mol. The molecule has 1 atom stereocenters. The molecule has 3 heterocycles. The number of amides is 1. The maximum atomic E-state index is 13.3. The number of unbranched alkanes of at least 4 members (excludes halogenated alkanes) is 1. The highest BCUT2D eigenvalue weighted by Gasteiger charge is 2.35. The molecule has 3 aromatic rings. The van der Waals surface area contributed by atoms with E-state index in [2.05, 4.69) is 6.92 Å². The summed E-state index contributed by atoms with van der Waals surface area (Å²) in [5.41, 5.74) is 3.27. The number of halogens is 1. The van der Waals surface area contributed by atoms with Crippen LogP contribution in [-0.4, -0.2) is 50.8 Å². The van der Waals surface area contributed by atoms with Crippen molar-refractivity contribution < 1.29 is 14.3 Å². The molecule has 192 valence electrons. The van der Waals surface area contributed by atoms with Crippen molar-refractivity contribution in [1.82, 2.24) is 14.7 Å². The van der Waals surface area contributed by atoms with Gasteiger partial charge in [0.25, 0.3) is 5.91 Å². The summed E-state index contributed by atoms with van der Waals surface area (Å²) in [7, 11) is 0. The second kappa shape index (κ2) is 11.8. The van der Waals surface area contributed by atoms with Gasteiger partial charge < -0.3 is 9.47 Å². The molecule has 9 heteroatoms. The lowest BCUT2D eigenvalue weighted by Crippen LogP contribution is -2.35. The lowest BCUT2D eigenvalue weighted by Gasteiger charge is -2.18. The first-order chi connectivity index (χ1) is 18.0. The molecular formula is C28H28ClN3O3S2. The van der Waals surface area contributed by atoms with Crippen LogP contribution >= 0.6 is 35.6 Å². The Balaban J connectivity index is 1.48. The highest BCUT2D eigenvalue weighted by Crippen LogP contribution is 2.37. The van der Waals surface area contributed by atoms with Crippen LogP contribution in [0.4, 0.5) is 0 Å². The average Bonchev–Trinajstić information content (AvgIpc) is 3.63. The Morgan fingerprint density at radius 2 is 2.11 bits per heavy atom. The molecule has 37 heavy (non-hydrogen) atoms. The number of thiocarbonyl (C=S) groups is 1. The molecule has 2 aliphatic heterocycles. The number of rotatable bonds is 9. The summed E-state index contributed by atoms with van der Waals surface area (Å²) in [5, 5.41) is 5.40. The van der Waals surface area contributed by atoms with E-state index in [0.29, 0.717) is 33.1 Å². The molecular weight excluding hydrogens is 526 g/mol. The van der Waals surface area contributed by atoms with Gasteiger partial charge in [0.2, 0.25) is 0 Å². The maximum absolute atomic E-state index is 13.3. The van der Waals surface area contributed by atoms with Gasteiger partial charge in [-0.05, 0) is 55.7 Å². The molecule has 2 saturated heterocycles. The normalized spacial score (nSPS) is 18.8. The van der Waals surface area contributed by atoms with Gasteiger partial charge in [-0.2, -0.15) is 5.10 Å². The van der Waals surface area contributed by atoms with Gasteiger partial charge in [0, 0.05) is 23.9 Å². The largest absolute Gasteiger partial charge is 0.492 e. The highest BCUT2D eigenvalue weighted by molar-refractivity contribution is 8.26. The van der Waals surface area contributed by atoms with Crippen LogP contribution in [0.2, 0.25) is 5.02 Å². The van der Waals surface area contributed by atoms with Gasteiger partial charge in [0.15, 0.2) is 0 Å². The van der Waals surface area contributed by atoms with E-state index in [1.807, 2.05) is 65.5 Å². The van der Waals surface area contributed by atoms with Crippen LogP contribution in [0.1, 0.15) is 38.2 Å². The SMILES string of the molecule is CCCCOc1ccc(-c2nn(-c3ccccc3)cc2/C=C2\SC(=S)N(CC3CCCO3)C2=O)cc1Cl. The number of carbonyl (C=O) groups is 1. The van der Waals surface area contributed by atoms with Crippen molar-refractivity contribution in [2.45, 2.75) is 38.7 Å². The zero-order valence-electron chi connectivity index (χ0n) is 20.6. The molecule has 2 aliphatic rings. The van der Waals surface area contributed by atoms with E-state index in [1.165, 1.54) is 11.8 Å². The summed E-state index contributed by atoms with van der Waals surface area (Å²) >= 11 is 13.4. The Labute approximate surface area is 231 Å². The summed E-state index contributed by atoms with van der Waals surface area (Å²) < 4.78 is 13.9. The van der Waals surface area contributed by atoms with Crippen molar-refractivity contribution in [1.29, 1.82) is 0 Å². The van der Waals surface area contributed by atoms with E-state index in [0.717, 1.165) is 54.8 Å². The Hall–Kier alpha value is -2.65. The summed E-state index contributed by atoms with van der Waals surface area (Å²) in [6.07, 6.45) is 7.82. The summed E-state index contributed by atoms with van der Waals surface area (Å²) in [5.74, 6) is 0.555. The third-order valence-electron chi connectivity index (χ3n) is 6.29. The molecule has 5 rings (SSSR count). The van der Waals surface area contributed by atoms with Crippen LogP contribution in [0.25, 0.3) is 23.0 Å². The highest BCUT2D eigenvalue weighted by atomic mass is 35.5. The molecule has 0 aliphatic carbocycles. The van der Waals surface area contributed by atoms with E-state index >= 15 is 0 Å². The van der Waals surface area contributed by atoms with Crippen molar-refractivity contribution >= 4 is 51.9 Å². The van der Waals surface area contributed by atoms with E-state index in [1.54, 1.807) is 4.90 Å². The lowest BCUT2D eigenvalue weighted by atomic mass is 10.1. The van der Waals surface area contributed by atoms with Crippen molar-refractivity contribution in [2.75, 3.05) is 19.8 Å². The molecule has 0 spiro atoms. The Kier molecular flexibility index (Phi) is 8.30. The topological polar surface area (TPSA) is 56.6 Å². The fraction of sp³-hybridized carbons (Fsp3) is 0.321. The van der Waals surface area contributed by atoms with Gasteiger partial charge in [-0.3, -0.25) is 9.69 Å². The molecule has 1 unspecified atom stereocenters. The molecule has 0 N–H and O–H groups in total. The second-order valence-electron chi connectivity index (χ2n) is 8.99. The van der Waals surface area contributed by atoms with Crippen LogP contribution in [0.5, 0.6) is 5.75 Å². The number of thioether (sulfide) groups is 1. The van der Waals surface area contributed by atoms with Crippen molar-refractivity contribution in [2.24, 2.45) is 0 Å². The smallest absolute Gasteiger partial charge is 0.266 e. The minimum absolute atomic E-state index is 0.0402. The third kappa shape index (κ3) is 5.93. The predicted octanol–water partition coefficient (Wildman–Crippen LogP) is 6.75. The van der Waals surface area contributed by atoms with Crippen LogP contribution in [0, 0.1) is 0 Å². The van der Waals surface area contributed by atoms with Crippen LogP contribution in [0.3, 0.4) is 0 Å². The first-order valence-corrected chi connectivity index (χ1v) is 14.1.